The van der Waals surface area contributed by atoms with E-state index in [1.807, 2.05) is 0 Å². The van der Waals surface area contributed by atoms with Gasteiger partial charge in [0.25, 0.3) is 0 Å². The molecule has 0 aliphatic heterocycles. The molecule has 0 aromatic heterocycles. The molecule has 6 nitrogen and oxygen atoms in total. The predicted molar refractivity (Wildman–Crippen MR) is 238 cm³/mol. The van der Waals surface area contributed by atoms with Crippen LogP contribution in [0, 0.1) is 0 Å². The first kappa shape index (κ1) is 54.4. The summed E-state index contributed by atoms with van der Waals surface area (Å²) in [5.41, 5.74) is 0. The second kappa shape index (κ2) is 46.1. The Balaban J connectivity index is 4.15. The lowest BCUT2D eigenvalue weighted by Crippen LogP contribution is -2.30. The Morgan fingerprint density at radius 1 is 0.286 bits per heavy atom. The summed E-state index contributed by atoms with van der Waals surface area (Å²) in [6.07, 6.45) is 48.2. The molecule has 0 aliphatic carbocycles. The van der Waals surface area contributed by atoms with Crippen LogP contribution in [0.25, 0.3) is 0 Å². The van der Waals surface area contributed by atoms with Crippen LogP contribution < -0.4 is 0 Å². The van der Waals surface area contributed by atoms with Crippen molar-refractivity contribution < 1.29 is 28.6 Å². The van der Waals surface area contributed by atoms with Crippen LogP contribution in [-0.2, 0) is 28.6 Å². The minimum absolute atomic E-state index is 0.0628. The fourth-order valence-electron chi connectivity index (χ4n) is 7.56. The maximum atomic E-state index is 12.6. The summed E-state index contributed by atoms with van der Waals surface area (Å²) in [5.74, 6) is -0.852. The number of carbonyl (C=O) groups is 3. The minimum Gasteiger partial charge on any atom is -0.462 e. The van der Waals surface area contributed by atoms with Gasteiger partial charge in [0, 0.05) is 19.3 Å². The molecule has 0 aliphatic rings. The molecule has 0 fully saturated rings. The molecule has 56 heavy (non-hydrogen) atoms. The third-order valence-electron chi connectivity index (χ3n) is 11.4. The van der Waals surface area contributed by atoms with E-state index in [-0.39, 0.29) is 31.1 Å². The molecule has 0 bridgehead atoms. The zero-order valence-electron chi connectivity index (χ0n) is 37.9. The molecule has 1 atom stereocenters. The van der Waals surface area contributed by atoms with Gasteiger partial charge in [0.15, 0.2) is 6.10 Å². The van der Waals surface area contributed by atoms with Crippen LogP contribution in [0.5, 0.6) is 0 Å². The van der Waals surface area contributed by atoms with Crippen LogP contribution in [0.3, 0.4) is 0 Å². The van der Waals surface area contributed by atoms with Crippen molar-refractivity contribution in [3.05, 3.63) is 0 Å². The van der Waals surface area contributed by atoms with Gasteiger partial charge in [-0.1, -0.05) is 245 Å². The summed E-state index contributed by atoms with van der Waals surface area (Å²) in [4.78, 5) is 37.7. The normalized spacial score (nSPS) is 11.8. The second-order valence-electron chi connectivity index (χ2n) is 17.1. The summed E-state index contributed by atoms with van der Waals surface area (Å²) in [6.45, 7) is 6.63. The molecule has 0 heterocycles. The third-order valence-corrected chi connectivity index (χ3v) is 11.4. The fourth-order valence-corrected chi connectivity index (χ4v) is 7.56. The lowest BCUT2D eigenvalue weighted by molar-refractivity contribution is -0.167. The van der Waals surface area contributed by atoms with E-state index in [4.69, 9.17) is 14.2 Å². The first-order valence-electron chi connectivity index (χ1n) is 25.0. The van der Waals surface area contributed by atoms with Crippen molar-refractivity contribution in [3.63, 3.8) is 0 Å². The molecular weight excluding hydrogens is 697 g/mol. The monoisotopic (exact) mass is 793 g/mol. The van der Waals surface area contributed by atoms with Gasteiger partial charge in [-0.3, -0.25) is 14.4 Å². The zero-order chi connectivity index (χ0) is 40.8. The van der Waals surface area contributed by atoms with Crippen molar-refractivity contribution in [2.45, 2.75) is 290 Å². The SMILES string of the molecule is CCCCCCCCCCCCCCCCCCCCC(=O)OC[C@H](COC(=O)CCCCCCCCCCCCCCC)OC(=O)CCCCCCCCC. The Morgan fingerprint density at radius 3 is 0.714 bits per heavy atom. The lowest BCUT2D eigenvalue weighted by Gasteiger charge is -2.18. The van der Waals surface area contributed by atoms with Gasteiger partial charge in [-0.15, -0.1) is 0 Å². The van der Waals surface area contributed by atoms with Gasteiger partial charge in [0.2, 0.25) is 0 Å². The maximum absolute atomic E-state index is 12.6. The molecule has 332 valence electrons. The van der Waals surface area contributed by atoms with Crippen LogP contribution >= 0.6 is 0 Å². The number of rotatable bonds is 46. The number of ether oxygens (including phenoxy) is 3. The summed E-state index contributed by atoms with van der Waals surface area (Å²) in [6, 6.07) is 0. The molecule has 0 saturated carbocycles. The Morgan fingerprint density at radius 2 is 0.482 bits per heavy atom. The Labute approximate surface area is 348 Å². The number of hydrogen-bond acceptors (Lipinski definition) is 6. The highest BCUT2D eigenvalue weighted by atomic mass is 16.6. The molecule has 0 aromatic rings. The summed E-state index contributed by atoms with van der Waals surface area (Å²) >= 11 is 0. The molecule has 0 spiro atoms. The van der Waals surface area contributed by atoms with E-state index < -0.39 is 6.10 Å². The Bertz CT molecular complexity index is 828. The van der Waals surface area contributed by atoms with Gasteiger partial charge in [-0.05, 0) is 19.3 Å². The van der Waals surface area contributed by atoms with Crippen molar-refractivity contribution in [1.82, 2.24) is 0 Å². The van der Waals surface area contributed by atoms with Gasteiger partial charge >= 0.3 is 17.9 Å². The van der Waals surface area contributed by atoms with E-state index in [1.54, 1.807) is 0 Å². The van der Waals surface area contributed by atoms with Crippen molar-refractivity contribution >= 4 is 17.9 Å². The van der Waals surface area contributed by atoms with Gasteiger partial charge in [-0.25, -0.2) is 0 Å². The van der Waals surface area contributed by atoms with Crippen molar-refractivity contribution in [2.75, 3.05) is 13.2 Å². The first-order chi connectivity index (χ1) is 27.5. The predicted octanol–water partition coefficient (Wildman–Crippen LogP) is 16.0. The van der Waals surface area contributed by atoms with E-state index in [0.717, 1.165) is 57.8 Å². The largest absolute Gasteiger partial charge is 0.462 e. The smallest absolute Gasteiger partial charge is 0.306 e. The van der Waals surface area contributed by atoms with E-state index in [0.29, 0.717) is 19.3 Å². The van der Waals surface area contributed by atoms with Crippen molar-refractivity contribution in [3.8, 4) is 0 Å². The number of esters is 3. The molecule has 6 heteroatoms. The Kier molecular flexibility index (Phi) is 44.8. The average Bonchev–Trinajstić information content (AvgIpc) is 3.19. The van der Waals surface area contributed by atoms with Crippen LogP contribution in [0.4, 0.5) is 0 Å². The van der Waals surface area contributed by atoms with E-state index >= 15 is 0 Å². The van der Waals surface area contributed by atoms with Gasteiger partial charge in [0.05, 0.1) is 0 Å². The third kappa shape index (κ3) is 43.5. The van der Waals surface area contributed by atoms with Crippen LogP contribution in [-0.4, -0.2) is 37.2 Å². The van der Waals surface area contributed by atoms with Crippen LogP contribution in [0.2, 0.25) is 0 Å². The molecule has 0 rings (SSSR count). The zero-order valence-corrected chi connectivity index (χ0v) is 37.9. The van der Waals surface area contributed by atoms with Gasteiger partial charge < -0.3 is 14.2 Å². The highest BCUT2D eigenvalue weighted by molar-refractivity contribution is 5.71. The van der Waals surface area contributed by atoms with E-state index in [9.17, 15) is 14.4 Å². The number of unbranched alkanes of at least 4 members (excludes halogenated alkanes) is 35. The molecular formula is C50H96O6. The van der Waals surface area contributed by atoms with Crippen molar-refractivity contribution in [1.29, 1.82) is 0 Å². The molecule has 0 unspecified atom stereocenters. The lowest BCUT2D eigenvalue weighted by atomic mass is 10.0. The summed E-state index contributed by atoms with van der Waals surface area (Å²) in [5, 5.41) is 0. The first-order valence-corrected chi connectivity index (χ1v) is 25.0. The molecule has 0 amide bonds. The minimum atomic E-state index is -0.757. The van der Waals surface area contributed by atoms with Crippen molar-refractivity contribution in [2.24, 2.45) is 0 Å². The average molecular weight is 793 g/mol. The number of hydrogen-bond donors (Lipinski definition) is 0. The standard InChI is InChI=1S/C50H96O6/c1-4-7-10-13-16-18-20-22-23-24-25-26-28-30-32-35-37-40-43-49(52)55-46-47(56-50(53)44-41-38-33-15-12-9-6-3)45-54-48(51)42-39-36-34-31-29-27-21-19-17-14-11-8-5-2/h47H,4-46H2,1-3H3/t47-/m0/s1. The molecule has 0 saturated heterocycles. The highest BCUT2D eigenvalue weighted by Gasteiger charge is 2.19. The quantitative estimate of drug-likeness (QED) is 0.0347. The van der Waals surface area contributed by atoms with E-state index in [1.165, 1.54) is 186 Å². The van der Waals surface area contributed by atoms with Crippen LogP contribution in [0.1, 0.15) is 284 Å². The Hall–Kier alpha value is -1.59. The summed E-state index contributed by atoms with van der Waals surface area (Å²) in [7, 11) is 0. The van der Waals surface area contributed by atoms with E-state index in [2.05, 4.69) is 20.8 Å². The summed E-state index contributed by atoms with van der Waals surface area (Å²) < 4.78 is 16.7. The molecule has 0 N–H and O–H groups in total. The molecule has 0 aromatic carbocycles. The highest BCUT2D eigenvalue weighted by Crippen LogP contribution is 2.16. The van der Waals surface area contributed by atoms with Gasteiger partial charge in [0.1, 0.15) is 13.2 Å². The maximum Gasteiger partial charge on any atom is 0.306 e. The fraction of sp³-hybridized carbons (Fsp3) is 0.940. The second-order valence-corrected chi connectivity index (χ2v) is 17.1. The number of carbonyl (C=O) groups excluding carboxylic acids is 3. The van der Waals surface area contributed by atoms with Gasteiger partial charge in [-0.2, -0.15) is 0 Å². The molecule has 0 radical (unpaired) electrons. The topological polar surface area (TPSA) is 78.9 Å². The van der Waals surface area contributed by atoms with Crippen LogP contribution in [0.15, 0.2) is 0 Å².